The fourth-order valence-electron chi connectivity index (χ4n) is 2.73. The number of rotatable bonds is 3. The largest absolute Gasteiger partial charge is 0.377 e. The van der Waals surface area contributed by atoms with Gasteiger partial charge in [0, 0.05) is 19.9 Å². The first-order chi connectivity index (χ1) is 10.2. The van der Waals surface area contributed by atoms with Gasteiger partial charge >= 0.3 is 0 Å². The van der Waals surface area contributed by atoms with E-state index in [1.54, 1.807) is 10.4 Å². The molecular weight excluding hydrogens is 344 g/mol. The van der Waals surface area contributed by atoms with E-state index in [0.717, 1.165) is 10.2 Å². The number of hydrogen-bond acceptors (Lipinski definition) is 3. The summed E-state index contributed by atoms with van der Waals surface area (Å²) in [6, 6.07) is 10.5. The first-order valence-corrected chi connectivity index (χ1v) is 8.86. The monoisotopic (exact) mass is 360 g/mol. The molecule has 1 heterocycles. The Bertz CT molecular complexity index is 676. The van der Waals surface area contributed by atoms with Crippen molar-refractivity contribution < 1.29 is 0 Å². The van der Waals surface area contributed by atoms with Crippen LogP contribution >= 0.6 is 27.3 Å². The maximum absolute atomic E-state index is 8.92. The van der Waals surface area contributed by atoms with Crippen LogP contribution in [0.3, 0.4) is 0 Å². The molecule has 1 atom stereocenters. The van der Waals surface area contributed by atoms with Crippen LogP contribution in [0.1, 0.15) is 46.7 Å². The van der Waals surface area contributed by atoms with Gasteiger partial charge in [0.25, 0.3) is 0 Å². The normalized spacial score (nSPS) is 15.1. The number of halogens is 1. The Labute approximate surface area is 137 Å². The first kappa shape index (κ1) is 14.6. The molecule has 1 aliphatic carbocycles. The van der Waals surface area contributed by atoms with E-state index in [1.807, 2.05) is 29.5 Å². The lowest BCUT2D eigenvalue weighted by Gasteiger charge is -2.15. The fraction of sp³-hybridized carbons (Fsp3) is 0.353. The molecule has 0 spiro atoms. The molecule has 108 valence electrons. The Hall–Kier alpha value is -1.31. The predicted octanol–water partition coefficient (Wildman–Crippen LogP) is 5.43. The van der Waals surface area contributed by atoms with Crippen LogP contribution < -0.4 is 5.32 Å². The summed E-state index contributed by atoms with van der Waals surface area (Å²) in [7, 11) is 0. The second-order valence-corrected chi connectivity index (χ2v) is 7.50. The minimum absolute atomic E-state index is 0.282. The molecule has 0 amide bonds. The van der Waals surface area contributed by atoms with Gasteiger partial charge in [0.1, 0.15) is 0 Å². The van der Waals surface area contributed by atoms with Gasteiger partial charge in [0.05, 0.1) is 17.7 Å². The SMILES string of the molecule is CC(Nc1ccc(C#N)cc1Br)c1cc2c(s1)CCCC2. The first-order valence-electron chi connectivity index (χ1n) is 7.25. The minimum Gasteiger partial charge on any atom is -0.377 e. The van der Waals surface area contributed by atoms with E-state index >= 15 is 0 Å². The summed E-state index contributed by atoms with van der Waals surface area (Å²) in [6.07, 6.45) is 5.13. The number of thiophene rings is 1. The van der Waals surface area contributed by atoms with E-state index < -0.39 is 0 Å². The van der Waals surface area contributed by atoms with E-state index in [0.29, 0.717) is 5.56 Å². The van der Waals surface area contributed by atoms with Gasteiger partial charge < -0.3 is 5.32 Å². The molecule has 0 saturated carbocycles. The van der Waals surface area contributed by atoms with Crippen LogP contribution in [0.25, 0.3) is 0 Å². The van der Waals surface area contributed by atoms with Crippen molar-refractivity contribution in [3.63, 3.8) is 0 Å². The third-order valence-electron chi connectivity index (χ3n) is 3.91. The van der Waals surface area contributed by atoms with Crippen LogP contribution in [-0.4, -0.2) is 0 Å². The van der Waals surface area contributed by atoms with E-state index in [2.05, 4.69) is 40.3 Å². The Kier molecular flexibility index (Phi) is 4.32. The van der Waals surface area contributed by atoms with Crippen molar-refractivity contribution in [3.05, 3.63) is 49.6 Å². The van der Waals surface area contributed by atoms with Crippen LogP contribution in [0.15, 0.2) is 28.7 Å². The number of hydrogen-bond donors (Lipinski definition) is 1. The molecule has 2 aromatic rings. The van der Waals surface area contributed by atoms with E-state index in [1.165, 1.54) is 30.6 Å². The molecule has 0 saturated heterocycles. The number of nitriles is 1. The summed E-state index contributed by atoms with van der Waals surface area (Å²) < 4.78 is 0.940. The maximum atomic E-state index is 8.92. The smallest absolute Gasteiger partial charge is 0.0992 e. The minimum atomic E-state index is 0.282. The second kappa shape index (κ2) is 6.21. The molecule has 1 aromatic heterocycles. The van der Waals surface area contributed by atoms with Crippen molar-refractivity contribution in [3.8, 4) is 6.07 Å². The number of aryl methyl sites for hydroxylation is 2. The highest BCUT2D eigenvalue weighted by Gasteiger charge is 2.17. The standard InChI is InChI=1S/C17H17BrN2S/c1-11(17-9-13-4-2-3-5-16(13)21-17)20-15-7-6-12(10-19)8-14(15)18/h6-9,11,20H,2-5H2,1H3. The molecule has 3 rings (SSSR count). The molecule has 2 nitrogen and oxygen atoms in total. The van der Waals surface area contributed by atoms with Gasteiger partial charge in [-0.15, -0.1) is 11.3 Å². The van der Waals surface area contributed by atoms with Crippen molar-refractivity contribution >= 4 is 33.0 Å². The zero-order valence-electron chi connectivity index (χ0n) is 11.9. The van der Waals surface area contributed by atoms with Crippen molar-refractivity contribution in [2.45, 2.75) is 38.6 Å². The summed E-state index contributed by atoms with van der Waals surface area (Å²) >= 11 is 5.48. The molecule has 0 fully saturated rings. The number of nitrogens with one attached hydrogen (secondary N) is 1. The summed E-state index contributed by atoms with van der Waals surface area (Å²) in [6.45, 7) is 2.20. The van der Waals surface area contributed by atoms with Gasteiger partial charge in [-0.05, 0) is 78.4 Å². The zero-order valence-corrected chi connectivity index (χ0v) is 14.4. The van der Waals surface area contributed by atoms with Crippen molar-refractivity contribution in [1.82, 2.24) is 0 Å². The molecule has 1 aromatic carbocycles. The van der Waals surface area contributed by atoms with Crippen LogP contribution in [0.4, 0.5) is 5.69 Å². The van der Waals surface area contributed by atoms with Gasteiger partial charge in [-0.3, -0.25) is 0 Å². The summed E-state index contributed by atoms with van der Waals surface area (Å²) in [4.78, 5) is 2.97. The molecule has 0 bridgehead atoms. The molecule has 1 N–H and O–H groups in total. The van der Waals surface area contributed by atoms with Gasteiger partial charge in [-0.25, -0.2) is 0 Å². The lowest BCUT2D eigenvalue weighted by Crippen LogP contribution is -2.05. The summed E-state index contributed by atoms with van der Waals surface area (Å²) in [5.41, 5.74) is 3.26. The third kappa shape index (κ3) is 3.14. The zero-order chi connectivity index (χ0) is 14.8. The van der Waals surface area contributed by atoms with Crippen molar-refractivity contribution in [1.29, 1.82) is 5.26 Å². The summed E-state index contributed by atoms with van der Waals surface area (Å²) in [5.74, 6) is 0. The number of fused-ring (bicyclic) bond motifs is 1. The van der Waals surface area contributed by atoms with Gasteiger partial charge in [0.15, 0.2) is 0 Å². The number of anilines is 1. The van der Waals surface area contributed by atoms with E-state index in [4.69, 9.17) is 5.26 Å². The average Bonchev–Trinajstić information content (AvgIpc) is 2.93. The highest BCUT2D eigenvalue weighted by molar-refractivity contribution is 9.10. The molecule has 1 unspecified atom stereocenters. The van der Waals surface area contributed by atoms with Gasteiger partial charge in [-0.2, -0.15) is 5.26 Å². The van der Waals surface area contributed by atoms with Gasteiger partial charge in [0.2, 0.25) is 0 Å². The quantitative estimate of drug-likeness (QED) is 0.791. The predicted molar refractivity (Wildman–Crippen MR) is 91.9 cm³/mol. The molecule has 21 heavy (non-hydrogen) atoms. The Balaban J connectivity index is 1.78. The van der Waals surface area contributed by atoms with E-state index in [9.17, 15) is 0 Å². The molecule has 0 aliphatic heterocycles. The number of benzene rings is 1. The lowest BCUT2D eigenvalue weighted by atomic mass is 9.99. The Morgan fingerprint density at radius 3 is 2.81 bits per heavy atom. The molecule has 0 radical (unpaired) electrons. The summed E-state index contributed by atoms with van der Waals surface area (Å²) in [5, 5.41) is 12.5. The van der Waals surface area contributed by atoms with Crippen molar-refractivity contribution in [2.24, 2.45) is 0 Å². The highest BCUT2D eigenvalue weighted by atomic mass is 79.9. The van der Waals surface area contributed by atoms with Gasteiger partial charge in [-0.1, -0.05) is 0 Å². The fourth-order valence-corrected chi connectivity index (χ4v) is 4.49. The topological polar surface area (TPSA) is 35.8 Å². The Morgan fingerprint density at radius 1 is 1.29 bits per heavy atom. The highest BCUT2D eigenvalue weighted by Crippen LogP contribution is 2.35. The maximum Gasteiger partial charge on any atom is 0.0992 e. The molecular formula is C17H17BrN2S. The lowest BCUT2D eigenvalue weighted by molar-refractivity contribution is 0.696. The second-order valence-electron chi connectivity index (χ2n) is 5.48. The van der Waals surface area contributed by atoms with E-state index in [-0.39, 0.29) is 6.04 Å². The molecule has 4 heteroatoms. The average molecular weight is 361 g/mol. The Morgan fingerprint density at radius 2 is 2.10 bits per heavy atom. The third-order valence-corrected chi connectivity index (χ3v) is 5.99. The van der Waals surface area contributed by atoms with Crippen LogP contribution in [0, 0.1) is 11.3 Å². The van der Waals surface area contributed by atoms with Crippen molar-refractivity contribution in [2.75, 3.05) is 5.32 Å². The van der Waals surface area contributed by atoms with Crippen LogP contribution in [0.2, 0.25) is 0 Å². The van der Waals surface area contributed by atoms with Crippen LogP contribution in [0.5, 0.6) is 0 Å². The van der Waals surface area contributed by atoms with Crippen LogP contribution in [-0.2, 0) is 12.8 Å². The number of nitrogens with zero attached hydrogens (tertiary/aromatic N) is 1. The molecule has 1 aliphatic rings.